The maximum absolute atomic E-state index is 12.0. The zero-order valence-corrected chi connectivity index (χ0v) is 13.5. The summed E-state index contributed by atoms with van der Waals surface area (Å²) in [6.07, 6.45) is 5.72. The van der Waals surface area contributed by atoms with Crippen LogP contribution >= 0.6 is 27.5 Å². The molecular formula is C14H17BrClN3O. The highest BCUT2D eigenvalue weighted by Crippen LogP contribution is 2.30. The second-order valence-corrected chi connectivity index (χ2v) is 6.79. The minimum atomic E-state index is 0.151. The second-order valence-electron chi connectivity index (χ2n) is 5.50. The smallest absolute Gasteiger partial charge is 0.223 e. The molecule has 1 aromatic heterocycles. The first-order valence-electron chi connectivity index (χ1n) is 7.00. The quantitative estimate of drug-likeness (QED) is 0.903. The zero-order valence-electron chi connectivity index (χ0n) is 11.1. The van der Waals surface area contributed by atoms with Gasteiger partial charge in [-0.1, -0.05) is 11.6 Å². The number of pyridine rings is 1. The molecule has 1 amide bonds. The first-order valence-corrected chi connectivity index (χ1v) is 8.17. The molecule has 1 saturated heterocycles. The maximum Gasteiger partial charge on any atom is 0.223 e. The lowest BCUT2D eigenvalue weighted by atomic mass is 9.96. The topological polar surface area (TPSA) is 45.2 Å². The minimum absolute atomic E-state index is 0.151. The van der Waals surface area contributed by atoms with E-state index in [0.29, 0.717) is 11.1 Å². The predicted molar refractivity (Wildman–Crippen MR) is 83.0 cm³/mol. The van der Waals surface area contributed by atoms with Crippen LogP contribution < -0.4 is 10.2 Å². The van der Waals surface area contributed by atoms with Gasteiger partial charge in [-0.05, 0) is 47.7 Å². The summed E-state index contributed by atoms with van der Waals surface area (Å²) in [5.41, 5.74) is 0. The molecule has 0 atom stereocenters. The van der Waals surface area contributed by atoms with Crippen LogP contribution in [0, 0.1) is 5.92 Å². The highest BCUT2D eigenvalue weighted by molar-refractivity contribution is 9.10. The summed E-state index contributed by atoms with van der Waals surface area (Å²) in [4.78, 5) is 18.6. The van der Waals surface area contributed by atoms with Crippen LogP contribution in [0.5, 0.6) is 0 Å². The van der Waals surface area contributed by atoms with Gasteiger partial charge >= 0.3 is 0 Å². The Bertz CT molecular complexity index is 513. The molecule has 20 heavy (non-hydrogen) atoms. The Kier molecular flexibility index (Phi) is 4.17. The molecule has 1 aliphatic heterocycles. The van der Waals surface area contributed by atoms with Gasteiger partial charge in [0.25, 0.3) is 0 Å². The number of anilines is 1. The Labute approximate surface area is 132 Å². The largest absolute Gasteiger partial charge is 0.356 e. The fourth-order valence-electron chi connectivity index (χ4n) is 2.54. The Morgan fingerprint density at radius 3 is 2.65 bits per heavy atom. The highest BCUT2D eigenvalue weighted by atomic mass is 79.9. The van der Waals surface area contributed by atoms with E-state index in [0.717, 1.165) is 49.1 Å². The number of carbonyl (C=O) groups excluding carboxylic acids is 1. The molecule has 0 bridgehead atoms. The van der Waals surface area contributed by atoms with E-state index in [1.165, 1.54) is 0 Å². The standard InChI is InChI=1S/C14H17BrClN3O/c15-12-7-10(16)8-17-13(12)19-5-3-9(4-6-19)14(20)18-11-1-2-11/h7-9,11H,1-6H2,(H,18,20). The summed E-state index contributed by atoms with van der Waals surface area (Å²) in [6, 6.07) is 2.31. The number of carbonyl (C=O) groups is 1. The van der Waals surface area contributed by atoms with Crippen molar-refractivity contribution in [1.29, 1.82) is 0 Å². The summed E-state index contributed by atoms with van der Waals surface area (Å²) >= 11 is 9.41. The molecule has 0 spiro atoms. The first-order chi connectivity index (χ1) is 9.63. The van der Waals surface area contributed by atoms with Crippen molar-refractivity contribution in [2.75, 3.05) is 18.0 Å². The van der Waals surface area contributed by atoms with Gasteiger partial charge in [-0.3, -0.25) is 4.79 Å². The van der Waals surface area contributed by atoms with E-state index in [9.17, 15) is 4.79 Å². The van der Waals surface area contributed by atoms with Gasteiger partial charge in [0.05, 0.1) is 9.50 Å². The number of halogens is 2. The van der Waals surface area contributed by atoms with Gasteiger partial charge < -0.3 is 10.2 Å². The van der Waals surface area contributed by atoms with Crippen molar-refractivity contribution in [3.8, 4) is 0 Å². The minimum Gasteiger partial charge on any atom is -0.356 e. The third-order valence-electron chi connectivity index (χ3n) is 3.88. The normalized spacial score (nSPS) is 20.0. The van der Waals surface area contributed by atoms with Gasteiger partial charge in [0.1, 0.15) is 5.82 Å². The number of hydrogen-bond donors (Lipinski definition) is 1. The lowest BCUT2D eigenvalue weighted by Crippen LogP contribution is -2.41. The Morgan fingerprint density at radius 2 is 2.05 bits per heavy atom. The third-order valence-corrected chi connectivity index (χ3v) is 4.67. The van der Waals surface area contributed by atoms with Gasteiger partial charge in [-0.15, -0.1) is 0 Å². The van der Waals surface area contributed by atoms with Crippen LogP contribution in [0.15, 0.2) is 16.7 Å². The molecule has 108 valence electrons. The summed E-state index contributed by atoms with van der Waals surface area (Å²) in [7, 11) is 0. The van der Waals surface area contributed by atoms with Crippen LogP contribution in [0.1, 0.15) is 25.7 Å². The van der Waals surface area contributed by atoms with Crippen molar-refractivity contribution < 1.29 is 4.79 Å². The van der Waals surface area contributed by atoms with E-state index in [-0.39, 0.29) is 11.8 Å². The molecule has 2 fully saturated rings. The summed E-state index contributed by atoms with van der Waals surface area (Å²) in [5.74, 6) is 1.30. The van der Waals surface area contributed by atoms with Crippen molar-refractivity contribution in [3.63, 3.8) is 0 Å². The van der Waals surface area contributed by atoms with E-state index in [1.54, 1.807) is 6.20 Å². The molecule has 4 nitrogen and oxygen atoms in total. The molecule has 1 aliphatic carbocycles. The van der Waals surface area contributed by atoms with Crippen molar-refractivity contribution in [3.05, 3.63) is 21.8 Å². The molecule has 3 rings (SSSR count). The Balaban J connectivity index is 1.58. The number of amides is 1. The fraction of sp³-hybridized carbons (Fsp3) is 0.571. The molecule has 0 aromatic carbocycles. The summed E-state index contributed by atoms with van der Waals surface area (Å²) < 4.78 is 0.908. The molecular weight excluding hydrogens is 342 g/mol. The average molecular weight is 359 g/mol. The van der Waals surface area contributed by atoms with E-state index < -0.39 is 0 Å². The van der Waals surface area contributed by atoms with Gasteiger partial charge in [0.2, 0.25) is 5.91 Å². The van der Waals surface area contributed by atoms with Crippen molar-refractivity contribution in [1.82, 2.24) is 10.3 Å². The molecule has 2 aliphatic rings. The van der Waals surface area contributed by atoms with E-state index in [1.807, 2.05) is 6.07 Å². The molecule has 2 heterocycles. The van der Waals surface area contributed by atoms with E-state index in [4.69, 9.17) is 11.6 Å². The van der Waals surface area contributed by atoms with Crippen LogP contribution in [-0.4, -0.2) is 30.0 Å². The maximum atomic E-state index is 12.0. The van der Waals surface area contributed by atoms with Gasteiger partial charge in [-0.25, -0.2) is 4.98 Å². The lowest BCUT2D eigenvalue weighted by molar-refractivity contribution is -0.125. The first kappa shape index (κ1) is 14.1. The number of nitrogens with zero attached hydrogens (tertiary/aromatic N) is 2. The molecule has 1 aromatic rings. The highest BCUT2D eigenvalue weighted by Gasteiger charge is 2.30. The molecule has 0 radical (unpaired) electrons. The summed E-state index contributed by atoms with van der Waals surface area (Å²) in [6.45, 7) is 1.71. The molecule has 1 N–H and O–H groups in total. The lowest BCUT2D eigenvalue weighted by Gasteiger charge is -2.32. The number of piperidine rings is 1. The second kappa shape index (κ2) is 5.90. The van der Waals surface area contributed by atoms with Crippen LogP contribution in [-0.2, 0) is 4.79 Å². The van der Waals surface area contributed by atoms with Crippen LogP contribution in [0.3, 0.4) is 0 Å². The number of hydrogen-bond acceptors (Lipinski definition) is 3. The third kappa shape index (κ3) is 3.26. The number of aromatic nitrogens is 1. The van der Waals surface area contributed by atoms with Crippen LogP contribution in [0.2, 0.25) is 5.02 Å². The van der Waals surface area contributed by atoms with Gasteiger partial charge in [0, 0.05) is 31.2 Å². The van der Waals surface area contributed by atoms with Crippen LogP contribution in [0.4, 0.5) is 5.82 Å². The zero-order chi connectivity index (χ0) is 14.1. The SMILES string of the molecule is O=C(NC1CC1)C1CCN(c2ncc(Cl)cc2Br)CC1. The van der Waals surface area contributed by atoms with E-state index in [2.05, 4.69) is 31.1 Å². The predicted octanol–water partition coefficient (Wildman–Crippen LogP) is 2.99. The van der Waals surface area contributed by atoms with Crippen LogP contribution in [0.25, 0.3) is 0 Å². The Morgan fingerprint density at radius 1 is 1.35 bits per heavy atom. The molecule has 6 heteroatoms. The number of rotatable bonds is 3. The van der Waals surface area contributed by atoms with Crippen molar-refractivity contribution in [2.45, 2.75) is 31.7 Å². The van der Waals surface area contributed by atoms with Gasteiger partial charge in [-0.2, -0.15) is 0 Å². The average Bonchev–Trinajstić information content (AvgIpc) is 3.23. The monoisotopic (exact) mass is 357 g/mol. The van der Waals surface area contributed by atoms with Crippen molar-refractivity contribution >= 4 is 39.3 Å². The Hall–Kier alpha value is -0.810. The van der Waals surface area contributed by atoms with E-state index >= 15 is 0 Å². The summed E-state index contributed by atoms with van der Waals surface area (Å²) in [5, 5.41) is 3.72. The fourth-order valence-corrected chi connectivity index (χ4v) is 3.43. The molecule has 1 saturated carbocycles. The van der Waals surface area contributed by atoms with Gasteiger partial charge in [0.15, 0.2) is 0 Å². The number of nitrogens with one attached hydrogen (secondary N) is 1. The molecule has 0 unspecified atom stereocenters. The van der Waals surface area contributed by atoms with Crippen molar-refractivity contribution in [2.24, 2.45) is 5.92 Å².